The Morgan fingerprint density at radius 2 is 2.08 bits per heavy atom. The number of carbonyl (C=O) groups is 1. The summed E-state index contributed by atoms with van der Waals surface area (Å²) in [5.41, 5.74) is 4.52. The van der Waals surface area contributed by atoms with Gasteiger partial charge < -0.3 is 20.6 Å². The van der Waals surface area contributed by atoms with Crippen LogP contribution in [0.2, 0.25) is 0 Å². The first-order valence-electron chi connectivity index (χ1n) is 3.28. The Hall–Kier alpha value is -0.0000000000000000833. The lowest BCUT2D eigenvalue weighted by Crippen LogP contribution is -2.33. The molecule has 0 bridgehead atoms. The van der Waals surface area contributed by atoms with Gasteiger partial charge in [0.2, 0.25) is 0 Å². The van der Waals surface area contributed by atoms with Crippen molar-refractivity contribution in [3.63, 3.8) is 0 Å². The molecule has 0 saturated carbocycles. The molecule has 0 spiro atoms. The fraction of sp³-hybridized carbons (Fsp3) is 0.800. The van der Waals surface area contributed by atoms with Gasteiger partial charge in [0.1, 0.15) is 6.04 Å². The molecule has 0 aliphatic carbocycles. The quantitative estimate of drug-likeness (QED) is 0.468. The largest absolute Gasteiger partial charge is 0.480 e. The van der Waals surface area contributed by atoms with Crippen molar-refractivity contribution in [3.8, 4) is 0 Å². The summed E-state index contributed by atoms with van der Waals surface area (Å²) in [6.45, 7) is -1.88. The summed E-state index contributed by atoms with van der Waals surface area (Å²) in [5.74, 6) is -1.16. The molecule has 0 fully saturated rings. The van der Waals surface area contributed by atoms with Gasteiger partial charge in [-0.2, -0.15) is 0 Å². The predicted molar refractivity (Wildman–Crippen MR) is 48.4 cm³/mol. The van der Waals surface area contributed by atoms with Gasteiger partial charge in [0.15, 0.2) is 6.49 Å². The van der Waals surface area contributed by atoms with Gasteiger partial charge in [-0.3, -0.25) is 4.79 Å². The van der Waals surface area contributed by atoms with Gasteiger partial charge >= 0.3 is 5.97 Å². The van der Waals surface area contributed by atoms with Crippen molar-refractivity contribution >= 4 is 24.3 Å². The summed E-state index contributed by atoms with van der Waals surface area (Å²) in [6.07, 6.45) is -0.0143. The molecular formula is C5H12NO4PS. The van der Waals surface area contributed by atoms with Crippen molar-refractivity contribution in [1.82, 2.24) is 0 Å². The van der Waals surface area contributed by atoms with Crippen LogP contribution in [-0.2, 0) is 16.6 Å². The van der Waals surface area contributed by atoms with Crippen LogP contribution in [0.1, 0.15) is 13.3 Å². The van der Waals surface area contributed by atoms with Crippen LogP contribution in [0.3, 0.4) is 0 Å². The molecule has 5 nitrogen and oxygen atoms in total. The van der Waals surface area contributed by atoms with Gasteiger partial charge in [-0.1, -0.05) is 6.92 Å². The normalized spacial score (nSPS) is 17.0. The van der Waals surface area contributed by atoms with Crippen LogP contribution < -0.4 is 5.73 Å². The van der Waals surface area contributed by atoms with Crippen LogP contribution in [0, 0.1) is 0 Å². The number of carboxylic acid groups (broad SMARTS) is 1. The second-order valence-corrected chi connectivity index (χ2v) is 6.29. The maximum absolute atomic E-state index is 10.3. The molecule has 0 amide bonds. The minimum absolute atomic E-state index is 0.0143. The molecule has 0 heterocycles. The Morgan fingerprint density at radius 1 is 1.67 bits per heavy atom. The molecule has 2 atom stereocenters. The SMILES string of the molecule is CC(C[C@@H](N)C(=O)O)P(O)(O)=S. The van der Waals surface area contributed by atoms with E-state index in [9.17, 15) is 4.79 Å². The zero-order valence-corrected chi connectivity index (χ0v) is 8.26. The highest BCUT2D eigenvalue weighted by molar-refractivity contribution is 8.09. The highest BCUT2D eigenvalue weighted by Gasteiger charge is 2.24. The first kappa shape index (κ1) is 12.0. The zero-order valence-electron chi connectivity index (χ0n) is 6.54. The van der Waals surface area contributed by atoms with Crippen LogP contribution in [0.25, 0.3) is 0 Å². The summed E-state index contributed by atoms with van der Waals surface area (Å²) in [5, 5.41) is 8.39. The van der Waals surface area contributed by atoms with Crippen LogP contribution in [0.5, 0.6) is 0 Å². The zero-order chi connectivity index (χ0) is 9.94. The summed E-state index contributed by atoms with van der Waals surface area (Å²) in [6, 6.07) is -1.08. The monoisotopic (exact) mass is 213 g/mol. The number of aliphatic carboxylic acids is 1. The number of hydrogen-bond acceptors (Lipinski definition) is 3. The van der Waals surface area contributed by atoms with E-state index in [2.05, 4.69) is 11.8 Å². The molecule has 0 aromatic heterocycles. The Morgan fingerprint density at radius 3 is 2.33 bits per heavy atom. The van der Waals surface area contributed by atoms with E-state index in [4.69, 9.17) is 20.6 Å². The average molecular weight is 213 g/mol. The van der Waals surface area contributed by atoms with Crippen LogP contribution in [0.4, 0.5) is 0 Å². The standard InChI is InChI=1S/C5H12NO4PS/c1-3(11(9,10)12)2-4(6)5(7)8/h3-4H,2,6H2,1H3,(H,7,8)(H2,9,10,12)/t3?,4-/m1/s1. The summed E-state index contributed by atoms with van der Waals surface area (Å²) >= 11 is 4.39. The molecule has 0 aromatic carbocycles. The fourth-order valence-electron chi connectivity index (χ4n) is 0.606. The van der Waals surface area contributed by atoms with Crippen molar-refractivity contribution in [1.29, 1.82) is 0 Å². The summed E-state index contributed by atoms with van der Waals surface area (Å²) < 4.78 is 0. The third kappa shape index (κ3) is 4.13. The molecule has 0 radical (unpaired) electrons. The minimum atomic E-state index is -3.36. The molecular weight excluding hydrogens is 201 g/mol. The van der Waals surface area contributed by atoms with Crippen molar-refractivity contribution in [2.45, 2.75) is 25.0 Å². The lowest BCUT2D eigenvalue weighted by atomic mass is 10.2. The molecule has 0 aliphatic rings. The van der Waals surface area contributed by atoms with Gasteiger partial charge in [0, 0.05) is 5.66 Å². The Labute approximate surface area is 75.4 Å². The first-order valence-corrected chi connectivity index (χ1v) is 6.06. The van der Waals surface area contributed by atoms with Crippen LogP contribution in [-0.4, -0.2) is 32.6 Å². The van der Waals surface area contributed by atoms with E-state index in [0.29, 0.717) is 0 Å². The maximum Gasteiger partial charge on any atom is 0.320 e. The molecule has 0 rings (SSSR count). The molecule has 0 aliphatic heterocycles. The van der Waals surface area contributed by atoms with Crippen molar-refractivity contribution in [2.24, 2.45) is 5.73 Å². The minimum Gasteiger partial charge on any atom is -0.480 e. The Balaban J connectivity index is 4.11. The molecule has 0 saturated heterocycles. The third-order valence-electron chi connectivity index (χ3n) is 1.49. The molecule has 7 heteroatoms. The lowest BCUT2D eigenvalue weighted by Gasteiger charge is -2.18. The van der Waals surface area contributed by atoms with Crippen LogP contribution in [0.15, 0.2) is 0 Å². The summed E-state index contributed by atoms with van der Waals surface area (Å²) in [4.78, 5) is 28.2. The number of carboxylic acids is 1. The maximum atomic E-state index is 10.3. The van der Waals surface area contributed by atoms with E-state index in [1.807, 2.05) is 0 Å². The number of hydrogen-bond donors (Lipinski definition) is 4. The number of rotatable bonds is 4. The molecule has 1 unspecified atom stereocenters. The fourth-order valence-corrected chi connectivity index (χ4v) is 1.37. The van der Waals surface area contributed by atoms with Crippen molar-refractivity contribution in [3.05, 3.63) is 0 Å². The Bertz CT molecular complexity index is 215. The van der Waals surface area contributed by atoms with E-state index in [1.165, 1.54) is 6.92 Å². The average Bonchev–Trinajstić information content (AvgIpc) is 1.85. The van der Waals surface area contributed by atoms with E-state index in [0.717, 1.165) is 0 Å². The van der Waals surface area contributed by atoms with Crippen molar-refractivity contribution < 1.29 is 19.7 Å². The van der Waals surface area contributed by atoms with Gasteiger partial charge in [-0.15, -0.1) is 0 Å². The smallest absolute Gasteiger partial charge is 0.320 e. The highest BCUT2D eigenvalue weighted by atomic mass is 32.5. The highest BCUT2D eigenvalue weighted by Crippen LogP contribution is 2.43. The molecule has 12 heavy (non-hydrogen) atoms. The van der Waals surface area contributed by atoms with E-state index in [-0.39, 0.29) is 6.42 Å². The third-order valence-corrected chi connectivity index (χ3v) is 3.93. The second-order valence-electron chi connectivity index (χ2n) is 2.62. The van der Waals surface area contributed by atoms with Crippen molar-refractivity contribution in [2.75, 3.05) is 0 Å². The van der Waals surface area contributed by atoms with Gasteiger partial charge in [0.05, 0.1) is 0 Å². The molecule has 72 valence electrons. The Kier molecular flexibility index (Phi) is 4.30. The van der Waals surface area contributed by atoms with E-state index < -0.39 is 24.2 Å². The van der Waals surface area contributed by atoms with E-state index in [1.54, 1.807) is 0 Å². The number of nitrogens with two attached hydrogens (primary N) is 1. The molecule has 0 aromatic rings. The summed E-state index contributed by atoms with van der Waals surface area (Å²) in [7, 11) is 0. The van der Waals surface area contributed by atoms with Gasteiger partial charge in [-0.05, 0) is 18.2 Å². The lowest BCUT2D eigenvalue weighted by molar-refractivity contribution is -0.138. The molecule has 5 N–H and O–H groups in total. The van der Waals surface area contributed by atoms with E-state index >= 15 is 0 Å². The van der Waals surface area contributed by atoms with Gasteiger partial charge in [-0.25, -0.2) is 0 Å². The topological polar surface area (TPSA) is 104 Å². The predicted octanol–water partition coefficient (Wildman–Crippen LogP) is -0.529. The second kappa shape index (κ2) is 4.30. The van der Waals surface area contributed by atoms with Crippen LogP contribution >= 0.6 is 6.49 Å². The first-order chi connectivity index (χ1) is 5.25. The van der Waals surface area contributed by atoms with Gasteiger partial charge in [0.25, 0.3) is 0 Å².